The molecule has 1 aliphatic heterocycles. The van der Waals surface area contributed by atoms with Crippen LogP contribution >= 0.6 is 11.3 Å². The monoisotopic (exact) mass is 613 g/mol. The minimum atomic E-state index is -3.27. The summed E-state index contributed by atoms with van der Waals surface area (Å²) in [6.07, 6.45) is 6.70. The lowest BCUT2D eigenvalue weighted by Gasteiger charge is -2.32. The summed E-state index contributed by atoms with van der Waals surface area (Å²) in [5.74, 6) is -0.409. The van der Waals surface area contributed by atoms with Gasteiger partial charge in [0.05, 0.1) is 5.25 Å². The molecule has 5 rings (SSSR count). The normalized spacial score (nSPS) is 18.0. The highest BCUT2D eigenvalue weighted by molar-refractivity contribution is 7.89. The predicted molar refractivity (Wildman–Crippen MR) is 164 cm³/mol. The van der Waals surface area contributed by atoms with Crippen molar-refractivity contribution in [3.63, 3.8) is 0 Å². The standard InChI is InChI=1S/C31H39N3O6S2/c1-20(2)42(38,39)34-12-9-24(10-13-34)40-25-8-7-23-17-28(32-27(26(23)18-25)15-21-5-3-4-6-21)30(35)33-29(31(36)37)16-22-11-14-41-19-22/h7-8,11,14,17-21,24,29H,3-6,9-10,12-13,15-16H2,1-2H3,(H,33,35)(H,36,37). The second-order valence-corrected chi connectivity index (χ2v) is 15.0. The SMILES string of the molecule is CC(C)S(=O)(=O)N1CCC(Oc2ccc3cc(C(=O)NC(Cc4ccsc4)C(=O)O)nc(CC4CCCC4)c3c2)CC1. The van der Waals surface area contributed by atoms with Crippen molar-refractivity contribution in [3.8, 4) is 5.75 Å². The van der Waals surface area contributed by atoms with Crippen molar-refractivity contribution in [2.45, 2.75) is 82.6 Å². The Kier molecular flexibility index (Phi) is 9.49. The van der Waals surface area contributed by atoms with Gasteiger partial charge in [0.2, 0.25) is 10.0 Å². The largest absolute Gasteiger partial charge is 0.490 e. The molecule has 1 amide bonds. The molecule has 11 heteroatoms. The smallest absolute Gasteiger partial charge is 0.326 e. The number of thiophene rings is 1. The Labute approximate surface area is 251 Å². The minimum absolute atomic E-state index is 0.0893. The summed E-state index contributed by atoms with van der Waals surface area (Å²) >= 11 is 1.49. The van der Waals surface area contributed by atoms with Crippen molar-refractivity contribution in [1.82, 2.24) is 14.6 Å². The molecule has 1 unspecified atom stereocenters. The van der Waals surface area contributed by atoms with Crippen LogP contribution in [0.4, 0.5) is 0 Å². The fourth-order valence-electron chi connectivity index (χ4n) is 5.90. The van der Waals surface area contributed by atoms with E-state index in [2.05, 4.69) is 5.32 Å². The van der Waals surface area contributed by atoms with Crippen molar-refractivity contribution in [3.05, 3.63) is 58.0 Å². The molecular weight excluding hydrogens is 574 g/mol. The molecule has 9 nitrogen and oxygen atoms in total. The Morgan fingerprint density at radius 2 is 1.86 bits per heavy atom. The third-order valence-electron chi connectivity index (χ3n) is 8.36. The second kappa shape index (κ2) is 13.1. The number of rotatable bonds is 11. The van der Waals surface area contributed by atoms with E-state index >= 15 is 0 Å². The van der Waals surface area contributed by atoms with Gasteiger partial charge in [-0.2, -0.15) is 11.3 Å². The minimum Gasteiger partial charge on any atom is -0.490 e. The number of aliphatic carboxylic acids is 1. The van der Waals surface area contributed by atoms with Gasteiger partial charge in [-0.15, -0.1) is 0 Å². The molecule has 3 aromatic rings. The van der Waals surface area contributed by atoms with E-state index in [0.717, 1.165) is 41.3 Å². The van der Waals surface area contributed by atoms with E-state index in [-0.39, 0.29) is 18.2 Å². The molecule has 1 aromatic carbocycles. The summed E-state index contributed by atoms with van der Waals surface area (Å²) in [4.78, 5) is 30.0. The fraction of sp³-hybridized carbons (Fsp3) is 0.516. The lowest BCUT2D eigenvalue weighted by atomic mass is 9.97. The third kappa shape index (κ3) is 7.12. The molecule has 3 heterocycles. The number of carboxylic acid groups (broad SMARTS) is 1. The molecule has 1 aliphatic carbocycles. The summed E-state index contributed by atoms with van der Waals surface area (Å²) in [7, 11) is -3.27. The van der Waals surface area contributed by atoms with Gasteiger partial charge < -0.3 is 15.2 Å². The summed E-state index contributed by atoms with van der Waals surface area (Å²) in [6, 6.07) is 8.28. The van der Waals surface area contributed by atoms with Crippen LogP contribution < -0.4 is 10.1 Å². The maximum Gasteiger partial charge on any atom is 0.326 e. The molecule has 1 saturated carbocycles. The van der Waals surface area contributed by atoms with Crippen LogP contribution in [0.1, 0.15) is 74.1 Å². The van der Waals surface area contributed by atoms with Gasteiger partial charge in [0.25, 0.3) is 5.91 Å². The molecule has 2 aromatic heterocycles. The lowest BCUT2D eigenvalue weighted by molar-refractivity contribution is -0.139. The molecule has 2 aliphatic rings. The highest BCUT2D eigenvalue weighted by Gasteiger charge is 2.31. The molecule has 1 saturated heterocycles. The number of fused-ring (bicyclic) bond motifs is 1. The molecule has 2 fully saturated rings. The third-order valence-corrected chi connectivity index (χ3v) is 11.4. The molecule has 2 N–H and O–H groups in total. The molecule has 42 heavy (non-hydrogen) atoms. The number of hydrogen-bond donors (Lipinski definition) is 2. The van der Waals surface area contributed by atoms with Crippen LogP contribution in [0.2, 0.25) is 0 Å². The molecule has 0 bridgehead atoms. The van der Waals surface area contributed by atoms with Gasteiger partial charge in [0.1, 0.15) is 23.6 Å². The summed E-state index contributed by atoms with van der Waals surface area (Å²) < 4.78 is 33.0. The van der Waals surface area contributed by atoms with E-state index in [1.165, 1.54) is 24.2 Å². The number of amides is 1. The van der Waals surface area contributed by atoms with Crippen LogP contribution in [0, 0.1) is 5.92 Å². The quantitative estimate of drug-likeness (QED) is 0.311. The first-order chi connectivity index (χ1) is 20.1. The number of ether oxygens (including phenoxy) is 1. The number of carbonyl (C=O) groups is 2. The zero-order valence-electron chi connectivity index (χ0n) is 24.1. The van der Waals surface area contributed by atoms with E-state index in [0.29, 0.717) is 37.6 Å². The summed E-state index contributed by atoms with van der Waals surface area (Å²) in [5.41, 5.74) is 1.89. The second-order valence-electron chi connectivity index (χ2n) is 11.7. The van der Waals surface area contributed by atoms with Crippen LogP contribution in [0.25, 0.3) is 10.8 Å². The molecule has 1 atom stereocenters. The van der Waals surface area contributed by atoms with E-state index < -0.39 is 33.2 Å². The van der Waals surface area contributed by atoms with Crippen LogP contribution in [-0.4, -0.2) is 65.2 Å². The van der Waals surface area contributed by atoms with Crippen LogP contribution in [-0.2, 0) is 27.7 Å². The first-order valence-corrected chi connectivity index (χ1v) is 17.2. The predicted octanol–water partition coefficient (Wildman–Crippen LogP) is 5.04. The number of piperidine rings is 1. The molecule has 226 valence electrons. The zero-order chi connectivity index (χ0) is 29.9. The zero-order valence-corrected chi connectivity index (χ0v) is 25.8. The van der Waals surface area contributed by atoms with Gasteiger partial charge >= 0.3 is 5.97 Å². The fourth-order valence-corrected chi connectivity index (χ4v) is 7.90. The van der Waals surface area contributed by atoms with Crippen molar-refractivity contribution >= 4 is 44.0 Å². The van der Waals surface area contributed by atoms with Gasteiger partial charge in [-0.3, -0.25) is 4.79 Å². The first-order valence-electron chi connectivity index (χ1n) is 14.7. The maximum atomic E-state index is 13.3. The van der Waals surface area contributed by atoms with Gasteiger partial charge in [0.15, 0.2) is 0 Å². The maximum absolute atomic E-state index is 13.3. The summed E-state index contributed by atoms with van der Waals surface area (Å²) in [5, 5.41) is 17.5. The van der Waals surface area contributed by atoms with Gasteiger partial charge in [-0.25, -0.2) is 22.5 Å². The number of nitrogens with zero attached hydrogens (tertiary/aromatic N) is 2. The highest BCUT2D eigenvalue weighted by atomic mass is 32.2. The number of nitrogens with one attached hydrogen (secondary N) is 1. The Morgan fingerprint density at radius 1 is 1.12 bits per heavy atom. The van der Waals surface area contributed by atoms with Gasteiger partial charge in [-0.1, -0.05) is 31.7 Å². The van der Waals surface area contributed by atoms with E-state index in [9.17, 15) is 23.1 Å². The number of benzene rings is 1. The number of hydrogen-bond acceptors (Lipinski definition) is 7. The van der Waals surface area contributed by atoms with Gasteiger partial charge in [-0.05, 0) is 85.0 Å². The number of carboxylic acids is 1. The molecular formula is C31H39N3O6S2. The van der Waals surface area contributed by atoms with E-state index in [1.54, 1.807) is 24.2 Å². The van der Waals surface area contributed by atoms with Crippen molar-refractivity contribution in [1.29, 1.82) is 0 Å². The lowest BCUT2D eigenvalue weighted by Crippen LogP contribution is -2.44. The van der Waals surface area contributed by atoms with Crippen molar-refractivity contribution in [2.75, 3.05) is 13.1 Å². The van der Waals surface area contributed by atoms with Gasteiger partial charge in [0, 0.05) is 30.6 Å². The topological polar surface area (TPSA) is 126 Å². The Morgan fingerprint density at radius 3 is 2.50 bits per heavy atom. The highest BCUT2D eigenvalue weighted by Crippen LogP contribution is 2.32. The Balaban J connectivity index is 1.35. The molecule has 0 radical (unpaired) electrons. The van der Waals surface area contributed by atoms with Crippen molar-refractivity contribution in [2.24, 2.45) is 5.92 Å². The van der Waals surface area contributed by atoms with E-state index in [4.69, 9.17) is 9.72 Å². The number of pyridine rings is 1. The van der Waals surface area contributed by atoms with Crippen molar-refractivity contribution < 1.29 is 27.9 Å². The Bertz CT molecular complexity index is 1510. The Hall–Kier alpha value is -3.02. The number of carbonyl (C=O) groups excluding carboxylic acids is 1. The van der Waals surface area contributed by atoms with Crippen LogP contribution in [0.15, 0.2) is 41.1 Å². The van der Waals surface area contributed by atoms with Crippen LogP contribution in [0.5, 0.6) is 5.75 Å². The first kappa shape index (κ1) is 30.4. The summed E-state index contributed by atoms with van der Waals surface area (Å²) in [6.45, 7) is 4.29. The average molecular weight is 614 g/mol. The average Bonchev–Trinajstić information content (AvgIpc) is 3.67. The molecule has 0 spiro atoms. The van der Waals surface area contributed by atoms with E-state index in [1.807, 2.05) is 35.0 Å². The van der Waals surface area contributed by atoms with Crippen LogP contribution in [0.3, 0.4) is 0 Å². The number of aromatic nitrogens is 1. The number of sulfonamides is 1.